The normalized spacial score (nSPS) is 10.3. The van der Waals surface area contributed by atoms with E-state index >= 15 is 0 Å². The van der Waals surface area contributed by atoms with Crippen LogP contribution in [0, 0.1) is 6.92 Å². The molecule has 2 rings (SSSR count). The number of methoxy groups -OCH3 is 1. The summed E-state index contributed by atoms with van der Waals surface area (Å²) in [5.74, 6) is 1.55. The summed E-state index contributed by atoms with van der Waals surface area (Å²) in [5.41, 5.74) is 4.00. The van der Waals surface area contributed by atoms with Crippen LogP contribution in [0.3, 0.4) is 0 Å². The highest BCUT2D eigenvalue weighted by atomic mass is 32.2. The van der Waals surface area contributed by atoms with Crippen LogP contribution in [0.4, 0.5) is 10.5 Å². The molecule has 1 N–H and O–H groups in total. The number of aryl methyl sites for hydroxylation is 2. The molecule has 5 heteroatoms. The van der Waals surface area contributed by atoms with Gasteiger partial charge in [0.2, 0.25) is 0 Å². The molecule has 4 nitrogen and oxygen atoms in total. The van der Waals surface area contributed by atoms with Crippen LogP contribution in [0.2, 0.25) is 0 Å². The van der Waals surface area contributed by atoms with Crippen LogP contribution in [0.1, 0.15) is 23.6 Å². The van der Waals surface area contributed by atoms with E-state index in [0.717, 1.165) is 35.1 Å². The van der Waals surface area contributed by atoms with Crippen LogP contribution in [0.15, 0.2) is 36.4 Å². The molecule has 0 unspecified atom stereocenters. The number of ether oxygens (including phenoxy) is 2. The highest BCUT2D eigenvalue weighted by Crippen LogP contribution is 2.26. The minimum absolute atomic E-state index is 0.118. The summed E-state index contributed by atoms with van der Waals surface area (Å²) in [6.45, 7) is 4.55. The van der Waals surface area contributed by atoms with E-state index in [1.165, 1.54) is 5.56 Å². The Morgan fingerprint density at radius 3 is 2.62 bits per heavy atom. The van der Waals surface area contributed by atoms with E-state index in [2.05, 4.69) is 24.4 Å². The summed E-state index contributed by atoms with van der Waals surface area (Å²) in [5, 5.41) is 2.75. The Hall–Kier alpha value is -2.14. The topological polar surface area (TPSA) is 47.6 Å². The van der Waals surface area contributed by atoms with Crippen molar-refractivity contribution in [2.24, 2.45) is 0 Å². The zero-order valence-corrected chi connectivity index (χ0v) is 15.3. The summed E-state index contributed by atoms with van der Waals surface area (Å²) in [6, 6.07) is 11.8. The molecule has 0 saturated heterocycles. The number of benzene rings is 2. The Kier molecular flexibility index (Phi) is 6.55. The van der Waals surface area contributed by atoms with Crippen LogP contribution in [-0.2, 0) is 13.0 Å². The molecule has 1 amide bonds. The third kappa shape index (κ3) is 4.68. The summed E-state index contributed by atoms with van der Waals surface area (Å²) in [6.07, 6.45) is 2.74. The van der Waals surface area contributed by atoms with E-state index in [1.807, 2.05) is 25.1 Å². The van der Waals surface area contributed by atoms with Gasteiger partial charge in [0.25, 0.3) is 5.24 Å². The lowest BCUT2D eigenvalue weighted by atomic mass is 10.1. The molecule has 0 heterocycles. The number of anilines is 1. The fraction of sp³-hybridized carbons (Fsp3) is 0.316. The Morgan fingerprint density at radius 2 is 2.00 bits per heavy atom. The summed E-state index contributed by atoms with van der Waals surface area (Å²) in [4.78, 5) is 11.7. The van der Waals surface area contributed by atoms with Crippen molar-refractivity contribution in [2.45, 2.75) is 26.9 Å². The Morgan fingerprint density at radius 1 is 1.21 bits per heavy atom. The van der Waals surface area contributed by atoms with Gasteiger partial charge in [0, 0.05) is 11.6 Å². The molecule has 0 aliphatic heterocycles. The van der Waals surface area contributed by atoms with E-state index in [0.29, 0.717) is 18.0 Å². The molecule has 0 spiro atoms. The van der Waals surface area contributed by atoms with E-state index in [1.54, 1.807) is 19.4 Å². The molecule has 2 aromatic carbocycles. The number of carbonyl (C=O) groups excluding carboxylic acids is 1. The zero-order valence-electron chi connectivity index (χ0n) is 14.5. The molecule has 0 radical (unpaired) electrons. The maximum absolute atomic E-state index is 11.7. The highest BCUT2D eigenvalue weighted by Gasteiger charge is 2.09. The maximum atomic E-state index is 11.7. The molecule has 0 atom stereocenters. The Labute approximate surface area is 147 Å². The van der Waals surface area contributed by atoms with Crippen LogP contribution in [-0.4, -0.2) is 18.6 Å². The van der Waals surface area contributed by atoms with Crippen molar-refractivity contribution in [1.82, 2.24) is 0 Å². The number of hydrogen-bond acceptors (Lipinski definition) is 4. The summed E-state index contributed by atoms with van der Waals surface area (Å²) in [7, 11) is 1.60. The van der Waals surface area contributed by atoms with Gasteiger partial charge >= 0.3 is 0 Å². The second-order valence-electron chi connectivity index (χ2n) is 5.38. The SMILES string of the molecule is CCc1ccc(OCc2ccc(OC)cc2NC(=O)SC)c(C)c1. The lowest BCUT2D eigenvalue weighted by Crippen LogP contribution is -2.08. The summed E-state index contributed by atoms with van der Waals surface area (Å²) >= 11 is 1.13. The standard InChI is InChI=1S/C19H23NO3S/c1-5-14-6-9-18(13(2)10-14)23-12-15-7-8-16(22-3)11-17(15)20-19(21)24-4/h6-11H,5,12H2,1-4H3,(H,20,21). The second kappa shape index (κ2) is 8.64. The smallest absolute Gasteiger partial charge is 0.283 e. The second-order valence-corrected chi connectivity index (χ2v) is 6.16. The number of amides is 1. The quantitative estimate of drug-likeness (QED) is 0.797. The van der Waals surface area contributed by atoms with Gasteiger partial charge in [0.05, 0.1) is 12.8 Å². The van der Waals surface area contributed by atoms with Gasteiger partial charge in [-0.25, -0.2) is 0 Å². The van der Waals surface area contributed by atoms with Crippen molar-refractivity contribution in [2.75, 3.05) is 18.7 Å². The minimum atomic E-state index is -0.118. The average molecular weight is 345 g/mol. The van der Waals surface area contributed by atoms with Crippen LogP contribution in [0.25, 0.3) is 0 Å². The minimum Gasteiger partial charge on any atom is -0.497 e. The molecule has 24 heavy (non-hydrogen) atoms. The van der Waals surface area contributed by atoms with E-state index < -0.39 is 0 Å². The lowest BCUT2D eigenvalue weighted by molar-refractivity contribution is 0.269. The molecular weight excluding hydrogens is 322 g/mol. The summed E-state index contributed by atoms with van der Waals surface area (Å²) < 4.78 is 11.2. The predicted octanol–water partition coefficient (Wildman–Crippen LogP) is 5.04. The first-order valence-electron chi connectivity index (χ1n) is 7.81. The van der Waals surface area contributed by atoms with Crippen LogP contribution < -0.4 is 14.8 Å². The molecule has 0 saturated carbocycles. The average Bonchev–Trinajstić information content (AvgIpc) is 2.61. The molecule has 2 aromatic rings. The van der Waals surface area contributed by atoms with Gasteiger partial charge in [-0.15, -0.1) is 0 Å². The number of carbonyl (C=O) groups is 1. The maximum Gasteiger partial charge on any atom is 0.283 e. The number of hydrogen-bond donors (Lipinski definition) is 1. The van der Waals surface area contributed by atoms with Gasteiger partial charge in [0.15, 0.2) is 0 Å². The Balaban J connectivity index is 2.18. The van der Waals surface area contributed by atoms with E-state index in [9.17, 15) is 4.79 Å². The van der Waals surface area contributed by atoms with Gasteiger partial charge in [-0.05, 0) is 48.9 Å². The van der Waals surface area contributed by atoms with Crippen molar-refractivity contribution < 1.29 is 14.3 Å². The molecular formula is C19H23NO3S. The van der Waals surface area contributed by atoms with Crippen molar-refractivity contribution in [3.63, 3.8) is 0 Å². The third-order valence-corrected chi connectivity index (χ3v) is 4.24. The third-order valence-electron chi connectivity index (χ3n) is 3.77. The number of thioether (sulfide) groups is 1. The van der Waals surface area contributed by atoms with Gasteiger partial charge in [-0.2, -0.15) is 0 Å². The number of rotatable bonds is 6. The van der Waals surface area contributed by atoms with E-state index in [4.69, 9.17) is 9.47 Å². The van der Waals surface area contributed by atoms with Crippen molar-refractivity contribution >= 4 is 22.7 Å². The van der Waals surface area contributed by atoms with Crippen molar-refractivity contribution in [3.05, 3.63) is 53.1 Å². The molecule has 0 aromatic heterocycles. The highest BCUT2D eigenvalue weighted by molar-refractivity contribution is 8.13. The monoisotopic (exact) mass is 345 g/mol. The van der Waals surface area contributed by atoms with Gasteiger partial charge in [-0.1, -0.05) is 30.8 Å². The number of nitrogens with one attached hydrogen (secondary N) is 1. The van der Waals surface area contributed by atoms with Gasteiger partial charge < -0.3 is 14.8 Å². The van der Waals surface area contributed by atoms with Crippen molar-refractivity contribution in [1.29, 1.82) is 0 Å². The van der Waals surface area contributed by atoms with Gasteiger partial charge in [-0.3, -0.25) is 4.79 Å². The molecule has 0 aliphatic rings. The molecule has 0 bridgehead atoms. The van der Waals surface area contributed by atoms with E-state index in [-0.39, 0.29) is 5.24 Å². The van der Waals surface area contributed by atoms with Gasteiger partial charge in [0.1, 0.15) is 18.1 Å². The van der Waals surface area contributed by atoms with Crippen molar-refractivity contribution in [3.8, 4) is 11.5 Å². The first kappa shape index (κ1) is 18.2. The molecule has 0 fully saturated rings. The fourth-order valence-electron chi connectivity index (χ4n) is 2.33. The lowest BCUT2D eigenvalue weighted by Gasteiger charge is -2.14. The Bertz CT molecular complexity index is 716. The largest absolute Gasteiger partial charge is 0.497 e. The van der Waals surface area contributed by atoms with Crippen LogP contribution >= 0.6 is 11.8 Å². The fourth-order valence-corrected chi connectivity index (χ4v) is 2.55. The predicted molar refractivity (Wildman–Crippen MR) is 100 cm³/mol. The van der Waals surface area contributed by atoms with Crippen LogP contribution in [0.5, 0.6) is 11.5 Å². The zero-order chi connectivity index (χ0) is 17.5. The molecule has 0 aliphatic carbocycles. The first-order valence-corrected chi connectivity index (χ1v) is 9.04. The first-order chi connectivity index (χ1) is 11.6. The molecule has 128 valence electrons.